The van der Waals surface area contributed by atoms with E-state index in [2.05, 4.69) is 20.8 Å². The third kappa shape index (κ3) is 29.9. The van der Waals surface area contributed by atoms with Gasteiger partial charge in [-0.15, -0.1) is 0 Å². The lowest BCUT2D eigenvalue weighted by molar-refractivity contribution is -0.161. The van der Waals surface area contributed by atoms with Crippen molar-refractivity contribution in [1.29, 1.82) is 0 Å². The summed E-state index contributed by atoms with van der Waals surface area (Å²) < 4.78 is 10.6. The number of esters is 2. The molecule has 0 aliphatic heterocycles. The lowest BCUT2D eigenvalue weighted by atomic mass is 10.0. The summed E-state index contributed by atoms with van der Waals surface area (Å²) in [7, 11) is 0. The number of aliphatic hydroxyl groups excluding tert-OH is 1. The summed E-state index contributed by atoms with van der Waals surface area (Å²) in [6, 6.07) is 0. The number of ether oxygens (including phenoxy) is 2. The number of carbonyl (C=O) groups is 2. The molecule has 5 heteroatoms. The zero-order chi connectivity index (χ0) is 29.5. The van der Waals surface area contributed by atoms with E-state index >= 15 is 0 Å². The van der Waals surface area contributed by atoms with Gasteiger partial charge in [0.15, 0.2) is 6.10 Å². The Morgan fingerprint density at radius 1 is 0.550 bits per heavy atom. The molecule has 0 radical (unpaired) electrons. The van der Waals surface area contributed by atoms with Crippen molar-refractivity contribution in [2.24, 2.45) is 5.92 Å². The Kier molecular flexibility index (Phi) is 30.0. The van der Waals surface area contributed by atoms with Crippen LogP contribution in [0.5, 0.6) is 0 Å². The van der Waals surface area contributed by atoms with Crippen molar-refractivity contribution in [2.75, 3.05) is 13.2 Å². The van der Waals surface area contributed by atoms with E-state index in [9.17, 15) is 14.7 Å². The fourth-order valence-electron chi connectivity index (χ4n) is 5.15. The highest BCUT2D eigenvalue weighted by Crippen LogP contribution is 2.15. The van der Waals surface area contributed by atoms with Gasteiger partial charge in [0.25, 0.3) is 0 Å². The molecular weight excluding hydrogens is 500 g/mol. The first-order valence-electron chi connectivity index (χ1n) is 17.5. The summed E-state index contributed by atoms with van der Waals surface area (Å²) in [5.74, 6) is 0.225. The van der Waals surface area contributed by atoms with E-state index < -0.39 is 6.10 Å². The van der Waals surface area contributed by atoms with Crippen molar-refractivity contribution in [3.05, 3.63) is 0 Å². The van der Waals surface area contributed by atoms with Crippen molar-refractivity contribution in [1.82, 2.24) is 0 Å². The van der Waals surface area contributed by atoms with Crippen LogP contribution in [-0.2, 0) is 19.1 Å². The van der Waals surface area contributed by atoms with Crippen molar-refractivity contribution in [3.8, 4) is 0 Å². The lowest BCUT2D eigenvalue weighted by Gasteiger charge is -2.15. The average Bonchev–Trinajstić information content (AvgIpc) is 2.93. The molecule has 0 amide bonds. The maximum absolute atomic E-state index is 12.1. The molecule has 0 heterocycles. The summed E-state index contributed by atoms with van der Waals surface area (Å²) in [6.07, 6.45) is 30.2. The largest absolute Gasteiger partial charge is 0.462 e. The Balaban J connectivity index is 3.53. The average molecular weight is 569 g/mol. The van der Waals surface area contributed by atoms with Crippen LogP contribution in [0, 0.1) is 5.92 Å². The van der Waals surface area contributed by atoms with Crippen LogP contribution in [0.1, 0.15) is 188 Å². The van der Waals surface area contributed by atoms with Gasteiger partial charge < -0.3 is 14.6 Å². The van der Waals surface area contributed by atoms with Crippen molar-refractivity contribution < 1.29 is 24.2 Å². The first-order valence-corrected chi connectivity index (χ1v) is 17.5. The van der Waals surface area contributed by atoms with Crippen molar-refractivity contribution in [3.63, 3.8) is 0 Å². The van der Waals surface area contributed by atoms with Crippen LogP contribution in [0.4, 0.5) is 0 Å². The predicted octanol–water partition coefficient (Wildman–Crippen LogP) is 10.3. The molecule has 0 aromatic heterocycles. The van der Waals surface area contributed by atoms with Crippen LogP contribution in [0.2, 0.25) is 0 Å². The normalized spacial score (nSPS) is 12.1. The SMILES string of the molecule is CCCCCCCCCCCCCCCCCC(=O)O[C@@H](CO)COC(=O)CCCCCCCCCCC(C)C. The molecule has 0 aliphatic rings. The smallest absolute Gasteiger partial charge is 0.306 e. The molecule has 40 heavy (non-hydrogen) atoms. The number of unbranched alkanes of at least 4 members (excludes halogenated alkanes) is 21. The quantitative estimate of drug-likeness (QED) is 0.0665. The van der Waals surface area contributed by atoms with Gasteiger partial charge in [-0.05, 0) is 18.8 Å². The minimum absolute atomic E-state index is 0.0592. The summed E-state index contributed by atoms with van der Waals surface area (Å²) in [5.41, 5.74) is 0. The zero-order valence-corrected chi connectivity index (χ0v) is 27.0. The highest BCUT2D eigenvalue weighted by Gasteiger charge is 2.16. The third-order valence-corrected chi connectivity index (χ3v) is 7.83. The van der Waals surface area contributed by atoms with Gasteiger partial charge in [-0.2, -0.15) is 0 Å². The minimum Gasteiger partial charge on any atom is -0.462 e. The standard InChI is InChI=1S/C35H68O5/c1-4-5-6-7-8-9-10-11-12-13-14-15-20-23-26-29-35(38)40-33(30-36)31-39-34(37)28-25-22-19-17-16-18-21-24-27-32(2)3/h32-33,36H,4-31H2,1-3H3/t33-/m0/s1. The van der Waals surface area contributed by atoms with Gasteiger partial charge in [0.05, 0.1) is 6.61 Å². The zero-order valence-electron chi connectivity index (χ0n) is 27.0. The Hall–Kier alpha value is -1.10. The van der Waals surface area contributed by atoms with Crippen LogP contribution < -0.4 is 0 Å². The lowest BCUT2D eigenvalue weighted by Crippen LogP contribution is -2.28. The van der Waals surface area contributed by atoms with E-state index in [1.54, 1.807) is 0 Å². The Labute approximate surface area is 248 Å². The fourth-order valence-corrected chi connectivity index (χ4v) is 5.15. The molecule has 0 unspecified atom stereocenters. The van der Waals surface area contributed by atoms with E-state index in [4.69, 9.17) is 9.47 Å². The Bertz CT molecular complexity index is 548. The van der Waals surface area contributed by atoms with Gasteiger partial charge in [-0.25, -0.2) is 0 Å². The Morgan fingerprint density at radius 3 is 1.32 bits per heavy atom. The van der Waals surface area contributed by atoms with Crippen LogP contribution in [0.25, 0.3) is 0 Å². The van der Waals surface area contributed by atoms with Gasteiger partial charge in [0.1, 0.15) is 6.61 Å². The molecule has 0 aromatic rings. The molecule has 0 rings (SSSR count). The van der Waals surface area contributed by atoms with Crippen molar-refractivity contribution >= 4 is 11.9 Å². The van der Waals surface area contributed by atoms with Gasteiger partial charge in [-0.1, -0.05) is 162 Å². The fraction of sp³-hybridized carbons (Fsp3) is 0.943. The van der Waals surface area contributed by atoms with Crippen molar-refractivity contribution in [2.45, 2.75) is 194 Å². The molecule has 5 nitrogen and oxygen atoms in total. The maximum atomic E-state index is 12.1. The second kappa shape index (κ2) is 30.8. The second-order valence-electron chi connectivity index (χ2n) is 12.4. The predicted molar refractivity (Wildman–Crippen MR) is 168 cm³/mol. The summed E-state index contributed by atoms with van der Waals surface area (Å²) >= 11 is 0. The molecule has 0 fully saturated rings. The molecule has 0 saturated carbocycles. The molecule has 0 aliphatic carbocycles. The summed E-state index contributed by atoms with van der Waals surface area (Å²) in [6.45, 7) is 6.45. The first-order chi connectivity index (χ1) is 19.5. The third-order valence-electron chi connectivity index (χ3n) is 7.83. The summed E-state index contributed by atoms with van der Waals surface area (Å²) in [4.78, 5) is 24.1. The second-order valence-corrected chi connectivity index (χ2v) is 12.4. The molecule has 0 spiro atoms. The number of aliphatic hydroxyl groups is 1. The van der Waals surface area contributed by atoms with Gasteiger partial charge in [0.2, 0.25) is 0 Å². The topological polar surface area (TPSA) is 72.8 Å². The van der Waals surface area contributed by atoms with E-state index in [-0.39, 0.29) is 25.2 Å². The molecule has 1 atom stereocenters. The molecule has 1 N–H and O–H groups in total. The van der Waals surface area contributed by atoms with E-state index in [1.165, 1.54) is 116 Å². The number of rotatable bonds is 31. The monoisotopic (exact) mass is 569 g/mol. The van der Waals surface area contributed by atoms with Gasteiger partial charge >= 0.3 is 11.9 Å². The number of carbonyl (C=O) groups excluding carboxylic acids is 2. The van der Waals surface area contributed by atoms with Gasteiger partial charge in [0, 0.05) is 12.8 Å². The highest BCUT2D eigenvalue weighted by atomic mass is 16.6. The van der Waals surface area contributed by atoms with E-state index in [0.717, 1.165) is 44.4 Å². The number of hydrogen-bond acceptors (Lipinski definition) is 5. The molecular formula is C35H68O5. The van der Waals surface area contributed by atoms with Crippen LogP contribution in [0.15, 0.2) is 0 Å². The molecule has 238 valence electrons. The maximum Gasteiger partial charge on any atom is 0.306 e. The van der Waals surface area contributed by atoms with Crippen LogP contribution >= 0.6 is 0 Å². The van der Waals surface area contributed by atoms with Gasteiger partial charge in [-0.3, -0.25) is 9.59 Å². The minimum atomic E-state index is -0.761. The molecule has 0 bridgehead atoms. The number of hydrogen-bond donors (Lipinski definition) is 1. The summed E-state index contributed by atoms with van der Waals surface area (Å²) in [5, 5.41) is 9.50. The highest BCUT2D eigenvalue weighted by molar-refractivity contribution is 5.70. The Morgan fingerprint density at radius 2 is 0.925 bits per heavy atom. The first kappa shape index (κ1) is 38.9. The van der Waals surface area contributed by atoms with Crippen LogP contribution in [0.3, 0.4) is 0 Å². The van der Waals surface area contributed by atoms with Crippen LogP contribution in [-0.4, -0.2) is 36.4 Å². The molecule has 0 aromatic carbocycles. The van der Waals surface area contributed by atoms with E-state index in [1.807, 2.05) is 0 Å². The van der Waals surface area contributed by atoms with E-state index in [0.29, 0.717) is 12.8 Å². The molecule has 0 saturated heterocycles.